The fourth-order valence-corrected chi connectivity index (χ4v) is 7.43. The van der Waals surface area contributed by atoms with Crippen LogP contribution in [0.2, 0.25) is 0 Å². The number of rotatable bonds is 6. The molecule has 0 N–H and O–H groups in total. The predicted molar refractivity (Wildman–Crippen MR) is 155 cm³/mol. The molecule has 0 aromatic heterocycles. The number of likely N-dealkylation sites (tertiary alicyclic amines) is 1. The summed E-state index contributed by atoms with van der Waals surface area (Å²) in [7, 11) is 0. The lowest BCUT2D eigenvalue weighted by Crippen LogP contribution is -2.59. The van der Waals surface area contributed by atoms with E-state index in [2.05, 4.69) is 9.80 Å². The number of imide groups is 1. The number of hydrogen-bond donors (Lipinski definition) is 0. The molecule has 2 aromatic rings. The van der Waals surface area contributed by atoms with Gasteiger partial charge in [0.2, 0.25) is 11.8 Å². The number of piperazine rings is 1. The summed E-state index contributed by atoms with van der Waals surface area (Å²) in [5, 5.41) is 9.15. The van der Waals surface area contributed by atoms with Crippen molar-refractivity contribution in [3.8, 4) is 6.07 Å². The van der Waals surface area contributed by atoms with Crippen LogP contribution in [0.5, 0.6) is 0 Å². The average Bonchev–Trinajstić information content (AvgIpc) is 3.38. The van der Waals surface area contributed by atoms with Gasteiger partial charge in [-0.15, -0.1) is 0 Å². The van der Waals surface area contributed by atoms with Crippen LogP contribution >= 0.6 is 0 Å². The number of halogens is 3. The summed E-state index contributed by atoms with van der Waals surface area (Å²) in [6.45, 7) is 8.38. The van der Waals surface area contributed by atoms with E-state index in [-0.39, 0.29) is 18.4 Å². The minimum atomic E-state index is -4.82. The molecule has 238 valence electrons. The van der Waals surface area contributed by atoms with Crippen LogP contribution in [0.3, 0.4) is 0 Å². The number of ether oxygens (including phenoxy) is 2. The van der Waals surface area contributed by atoms with Crippen LogP contribution in [0.15, 0.2) is 48.5 Å². The molecule has 2 bridgehead atoms. The van der Waals surface area contributed by atoms with Crippen molar-refractivity contribution >= 4 is 23.6 Å². The molecule has 4 atom stereocenters. The Bertz CT molecular complexity index is 1500. The lowest BCUT2D eigenvalue weighted by molar-refractivity contribution is -0.169. The van der Waals surface area contributed by atoms with Crippen molar-refractivity contribution in [2.75, 3.05) is 57.3 Å². The van der Waals surface area contributed by atoms with Gasteiger partial charge in [-0.2, -0.15) is 18.4 Å². The Morgan fingerprint density at radius 2 is 1.56 bits per heavy atom. The fraction of sp³-hybridized carbons (Fsp3) is 0.500. The second-order valence-electron chi connectivity index (χ2n) is 12.6. The van der Waals surface area contributed by atoms with Crippen LogP contribution in [0, 0.1) is 23.2 Å². The molecule has 3 amide bonds. The molecule has 0 saturated carbocycles. The Kier molecular flexibility index (Phi) is 7.87. The summed E-state index contributed by atoms with van der Waals surface area (Å²) in [6, 6.07) is 13.9. The molecule has 0 unspecified atom stereocenters. The van der Waals surface area contributed by atoms with E-state index in [4.69, 9.17) is 14.7 Å². The third-order valence-electron chi connectivity index (χ3n) is 9.42. The first-order valence-electron chi connectivity index (χ1n) is 14.9. The molecule has 4 saturated heterocycles. The molecule has 10 nitrogen and oxygen atoms in total. The SMILES string of the molecule is C[C@]12CN(CCN3CCN(C(=O)OCc4ccccc4)CC3)C[C@](C)(O1)[C@@H]1C(=O)N(c3ccc(C#N)c(C(F)(F)F)c3)C(=O)[C@@H]12. The summed E-state index contributed by atoms with van der Waals surface area (Å²) in [6.07, 6.45) is -5.16. The number of amides is 3. The van der Waals surface area contributed by atoms with E-state index in [0.29, 0.717) is 58.4 Å². The zero-order chi connectivity index (χ0) is 32.1. The van der Waals surface area contributed by atoms with Crippen LogP contribution in [0.1, 0.15) is 30.5 Å². The van der Waals surface area contributed by atoms with Gasteiger partial charge in [-0.05, 0) is 37.6 Å². The third kappa shape index (κ3) is 5.67. The molecule has 0 spiro atoms. The smallest absolute Gasteiger partial charge is 0.417 e. The van der Waals surface area contributed by atoms with Gasteiger partial charge >= 0.3 is 12.3 Å². The Morgan fingerprint density at radius 3 is 2.13 bits per heavy atom. The van der Waals surface area contributed by atoms with Crippen LogP contribution in [-0.2, 0) is 31.8 Å². The van der Waals surface area contributed by atoms with Crippen molar-refractivity contribution in [1.29, 1.82) is 5.26 Å². The van der Waals surface area contributed by atoms with Crippen molar-refractivity contribution in [2.24, 2.45) is 11.8 Å². The second-order valence-corrected chi connectivity index (χ2v) is 12.6. The highest BCUT2D eigenvalue weighted by molar-refractivity contribution is 6.23. The van der Waals surface area contributed by atoms with Gasteiger partial charge < -0.3 is 14.4 Å². The van der Waals surface area contributed by atoms with E-state index in [9.17, 15) is 27.6 Å². The quantitative estimate of drug-likeness (QED) is 0.450. The van der Waals surface area contributed by atoms with Crippen molar-refractivity contribution in [1.82, 2.24) is 14.7 Å². The molecule has 4 heterocycles. The van der Waals surface area contributed by atoms with E-state index in [1.165, 1.54) is 12.1 Å². The van der Waals surface area contributed by atoms with Gasteiger partial charge in [0.25, 0.3) is 0 Å². The van der Waals surface area contributed by atoms with Gasteiger partial charge in [-0.3, -0.25) is 19.4 Å². The van der Waals surface area contributed by atoms with Crippen molar-refractivity contribution in [3.63, 3.8) is 0 Å². The van der Waals surface area contributed by atoms with Gasteiger partial charge in [0.1, 0.15) is 6.61 Å². The summed E-state index contributed by atoms with van der Waals surface area (Å²) in [4.78, 5) is 47.0. The van der Waals surface area contributed by atoms with E-state index < -0.39 is 52.2 Å². The summed E-state index contributed by atoms with van der Waals surface area (Å²) in [5.74, 6) is -2.89. The highest BCUT2D eigenvalue weighted by Crippen LogP contribution is 2.55. The second kappa shape index (κ2) is 11.4. The third-order valence-corrected chi connectivity index (χ3v) is 9.42. The Morgan fingerprint density at radius 1 is 0.956 bits per heavy atom. The Labute approximate surface area is 258 Å². The van der Waals surface area contributed by atoms with E-state index in [1.807, 2.05) is 30.3 Å². The zero-order valence-electron chi connectivity index (χ0n) is 25.0. The maximum atomic E-state index is 13.7. The molecule has 2 aromatic carbocycles. The van der Waals surface area contributed by atoms with Crippen LogP contribution in [0.25, 0.3) is 0 Å². The molecule has 4 fully saturated rings. The Balaban J connectivity index is 1.07. The van der Waals surface area contributed by atoms with Crippen LogP contribution in [-0.4, -0.2) is 96.2 Å². The highest BCUT2D eigenvalue weighted by Gasteiger charge is 2.71. The normalized spacial score (nSPS) is 28.7. The maximum absolute atomic E-state index is 13.7. The molecule has 0 radical (unpaired) electrons. The zero-order valence-corrected chi connectivity index (χ0v) is 25.0. The fourth-order valence-electron chi connectivity index (χ4n) is 7.43. The largest absolute Gasteiger partial charge is 0.445 e. The van der Waals surface area contributed by atoms with Crippen molar-refractivity contribution < 1.29 is 37.0 Å². The number of anilines is 1. The number of carbonyl (C=O) groups excluding carboxylic acids is 3. The minimum absolute atomic E-state index is 0.198. The van der Waals surface area contributed by atoms with E-state index in [1.54, 1.807) is 18.7 Å². The molecule has 13 heteroatoms. The average molecular weight is 626 g/mol. The molecule has 4 aliphatic heterocycles. The first-order chi connectivity index (χ1) is 21.3. The number of benzene rings is 2. The summed E-state index contributed by atoms with van der Waals surface area (Å²) >= 11 is 0. The topological polar surface area (TPSA) is 106 Å². The minimum Gasteiger partial charge on any atom is -0.445 e. The highest BCUT2D eigenvalue weighted by atomic mass is 19.4. The number of morpholine rings is 1. The molecule has 45 heavy (non-hydrogen) atoms. The maximum Gasteiger partial charge on any atom is 0.417 e. The van der Waals surface area contributed by atoms with Gasteiger partial charge in [0.15, 0.2) is 0 Å². The monoisotopic (exact) mass is 625 g/mol. The van der Waals surface area contributed by atoms with E-state index >= 15 is 0 Å². The van der Waals surface area contributed by atoms with Gasteiger partial charge in [-0.1, -0.05) is 30.3 Å². The van der Waals surface area contributed by atoms with Crippen LogP contribution < -0.4 is 4.90 Å². The number of fused-ring (bicyclic) bond motifs is 5. The van der Waals surface area contributed by atoms with Crippen LogP contribution in [0.4, 0.5) is 23.7 Å². The molecular formula is C32H34F3N5O5. The molecular weight excluding hydrogens is 591 g/mol. The summed E-state index contributed by atoms with van der Waals surface area (Å²) < 4.78 is 52.8. The molecule has 0 aliphatic carbocycles. The lowest BCUT2D eigenvalue weighted by atomic mass is 9.79. The predicted octanol–water partition coefficient (Wildman–Crippen LogP) is 3.50. The van der Waals surface area contributed by atoms with Crippen molar-refractivity contribution in [2.45, 2.75) is 37.8 Å². The number of nitriles is 1. The molecule has 4 aliphatic rings. The number of hydrogen-bond acceptors (Lipinski definition) is 8. The Hall–Kier alpha value is -3.99. The van der Waals surface area contributed by atoms with Gasteiger partial charge in [-0.25, -0.2) is 9.69 Å². The first kappa shape index (κ1) is 31.0. The number of alkyl halides is 3. The van der Waals surface area contributed by atoms with Gasteiger partial charge in [0, 0.05) is 52.4 Å². The van der Waals surface area contributed by atoms with Gasteiger partial charge in [0.05, 0.1) is 45.9 Å². The standard InChI is InChI=1S/C32H34F3N5O5/c1-30-19-38(11-10-37-12-14-39(15-13-37)29(43)44-18-21-6-4-3-5-7-21)20-31(2,45-30)26-25(30)27(41)40(28(26)42)23-9-8-22(17-36)24(16-23)32(33,34)35/h3-9,16,25-26H,10-15,18-20H2,1-2H3/t25-,26+,30-,31+. The molecule has 6 rings (SSSR count). The van der Waals surface area contributed by atoms with E-state index in [0.717, 1.165) is 16.5 Å². The first-order valence-corrected chi connectivity index (χ1v) is 14.9. The summed E-state index contributed by atoms with van der Waals surface area (Å²) in [5.41, 5.74) is -3.07. The number of nitrogens with zero attached hydrogens (tertiary/aromatic N) is 5. The number of carbonyl (C=O) groups is 3. The van der Waals surface area contributed by atoms with Crippen molar-refractivity contribution in [3.05, 3.63) is 65.2 Å². The lowest BCUT2D eigenvalue weighted by Gasteiger charge is -2.45.